The van der Waals surface area contributed by atoms with Crippen molar-refractivity contribution in [1.29, 1.82) is 0 Å². The van der Waals surface area contributed by atoms with Crippen molar-refractivity contribution >= 4 is 5.69 Å². The average molecular weight is 267 g/mol. The van der Waals surface area contributed by atoms with Gasteiger partial charge in [0.05, 0.1) is 0 Å². The maximum Gasteiger partial charge on any atom is 0.121 e. The smallest absolute Gasteiger partial charge is 0.121 e. The van der Waals surface area contributed by atoms with E-state index in [1.54, 1.807) is 0 Å². The Balaban J connectivity index is 1.89. The lowest BCUT2D eigenvalue weighted by atomic mass is 10.00. The molecule has 0 saturated heterocycles. The van der Waals surface area contributed by atoms with Crippen LogP contribution in [0.2, 0.25) is 0 Å². The Morgan fingerprint density at radius 2 is 1.80 bits per heavy atom. The molecular weight excluding hydrogens is 246 g/mol. The van der Waals surface area contributed by atoms with E-state index in [0.717, 1.165) is 24.2 Å². The van der Waals surface area contributed by atoms with Gasteiger partial charge in [-0.25, -0.2) is 0 Å². The molecule has 0 aliphatic carbocycles. The molecule has 2 heteroatoms. The highest BCUT2D eigenvalue weighted by atomic mass is 16.3. The van der Waals surface area contributed by atoms with Gasteiger partial charge in [0.1, 0.15) is 5.75 Å². The third-order valence-electron chi connectivity index (χ3n) is 4.13. The Kier molecular flexibility index (Phi) is 3.39. The lowest BCUT2D eigenvalue weighted by Gasteiger charge is -2.31. The van der Waals surface area contributed by atoms with E-state index in [9.17, 15) is 5.11 Å². The van der Waals surface area contributed by atoms with Crippen molar-refractivity contribution < 1.29 is 5.11 Å². The summed E-state index contributed by atoms with van der Waals surface area (Å²) in [5.41, 5.74) is 6.01. The number of nitrogens with zero attached hydrogens (tertiary/aromatic N) is 1. The Morgan fingerprint density at radius 1 is 1.10 bits per heavy atom. The van der Waals surface area contributed by atoms with Crippen molar-refractivity contribution in [2.75, 3.05) is 11.4 Å². The molecule has 0 spiro atoms. The standard InChI is InChI=1S/C18H21NO/c1-13-10-15(11-14(2)18(13)20)12-19-9-5-7-16-6-3-4-8-17(16)19/h3-4,6,8,10-11,20H,5,7,9,12H2,1-2H3. The number of aryl methyl sites for hydroxylation is 3. The van der Waals surface area contributed by atoms with Gasteiger partial charge in [-0.2, -0.15) is 0 Å². The first-order chi connectivity index (χ1) is 9.65. The fourth-order valence-corrected chi connectivity index (χ4v) is 3.13. The van der Waals surface area contributed by atoms with E-state index in [4.69, 9.17) is 0 Å². The van der Waals surface area contributed by atoms with Crippen molar-refractivity contribution in [3.63, 3.8) is 0 Å². The first kappa shape index (κ1) is 13.0. The van der Waals surface area contributed by atoms with Gasteiger partial charge in [0.25, 0.3) is 0 Å². The molecular formula is C18H21NO. The lowest BCUT2D eigenvalue weighted by molar-refractivity contribution is 0.466. The van der Waals surface area contributed by atoms with Crippen LogP contribution in [0, 0.1) is 13.8 Å². The molecule has 0 bridgehead atoms. The van der Waals surface area contributed by atoms with Gasteiger partial charge < -0.3 is 10.0 Å². The van der Waals surface area contributed by atoms with Gasteiger partial charge in [-0.05, 0) is 55.0 Å². The molecule has 3 rings (SSSR count). The third kappa shape index (κ3) is 2.38. The highest BCUT2D eigenvalue weighted by Crippen LogP contribution is 2.29. The first-order valence-electron chi connectivity index (χ1n) is 7.27. The molecule has 0 unspecified atom stereocenters. The Hall–Kier alpha value is -1.96. The van der Waals surface area contributed by atoms with Crippen molar-refractivity contribution in [2.24, 2.45) is 0 Å². The SMILES string of the molecule is Cc1cc(CN2CCCc3ccccc32)cc(C)c1O. The van der Waals surface area contributed by atoms with E-state index >= 15 is 0 Å². The van der Waals surface area contributed by atoms with Crippen LogP contribution in [0.4, 0.5) is 5.69 Å². The molecule has 2 nitrogen and oxygen atoms in total. The summed E-state index contributed by atoms with van der Waals surface area (Å²) in [6.45, 7) is 5.96. The molecule has 0 fully saturated rings. The fourth-order valence-electron chi connectivity index (χ4n) is 3.13. The summed E-state index contributed by atoms with van der Waals surface area (Å²) in [6.07, 6.45) is 2.40. The number of phenolic OH excluding ortho intramolecular Hbond substituents is 1. The predicted molar refractivity (Wildman–Crippen MR) is 83.4 cm³/mol. The fraction of sp³-hybridized carbons (Fsp3) is 0.333. The van der Waals surface area contributed by atoms with Crippen molar-refractivity contribution in [2.45, 2.75) is 33.2 Å². The van der Waals surface area contributed by atoms with Crippen LogP contribution in [0.1, 0.15) is 28.7 Å². The van der Waals surface area contributed by atoms with E-state index in [2.05, 4.69) is 41.3 Å². The van der Waals surface area contributed by atoms with Crippen LogP contribution in [-0.2, 0) is 13.0 Å². The van der Waals surface area contributed by atoms with Crippen LogP contribution in [0.15, 0.2) is 36.4 Å². The Labute approximate surface area is 120 Å². The molecule has 1 aliphatic rings. The van der Waals surface area contributed by atoms with E-state index < -0.39 is 0 Å². The monoisotopic (exact) mass is 267 g/mol. The maximum absolute atomic E-state index is 9.88. The van der Waals surface area contributed by atoms with E-state index in [1.165, 1.54) is 29.7 Å². The summed E-state index contributed by atoms with van der Waals surface area (Å²) in [7, 11) is 0. The molecule has 0 radical (unpaired) electrons. The first-order valence-corrected chi connectivity index (χ1v) is 7.27. The predicted octanol–water partition coefficient (Wildman–Crippen LogP) is 3.96. The summed E-state index contributed by atoms with van der Waals surface area (Å²) in [6, 6.07) is 12.9. The highest BCUT2D eigenvalue weighted by molar-refractivity contribution is 5.56. The van der Waals surface area contributed by atoms with Gasteiger partial charge in [-0.1, -0.05) is 30.3 Å². The molecule has 0 aromatic heterocycles. The van der Waals surface area contributed by atoms with Crippen molar-refractivity contribution in [3.05, 3.63) is 58.7 Å². The van der Waals surface area contributed by atoms with E-state index in [0.29, 0.717) is 5.75 Å². The van der Waals surface area contributed by atoms with Crippen LogP contribution in [0.5, 0.6) is 5.75 Å². The summed E-state index contributed by atoms with van der Waals surface area (Å²) in [5, 5.41) is 9.88. The van der Waals surface area contributed by atoms with Gasteiger partial charge >= 0.3 is 0 Å². The van der Waals surface area contributed by atoms with Crippen LogP contribution in [0.3, 0.4) is 0 Å². The second kappa shape index (κ2) is 5.20. The topological polar surface area (TPSA) is 23.5 Å². The second-order valence-electron chi connectivity index (χ2n) is 5.73. The Morgan fingerprint density at radius 3 is 2.55 bits per heavy atom. The zero-order valence-electron chi connectivity index (χ0n) is 12.2. The van der Waals surface area contributed by atoms with Gasteiger partial charge in [0, 0.05) is 18.8 Å². The van der Waals surface area contributed by atoms with Gasteiger partial charge in [-0.15, -0.1) is 0 Å². The number of aromatic hydroxyl groups is 1. The van der Waals surface area contributed by atoms with Gasteiger partial charge in [0.15, 0.2) is 0 Å². The minimum atomic E-state index is 0.424. The molecule has 0 atom stereocenters. The van der Waals surface area contributed by atoms with E-state index in [-0.39, 0.29) is 0 Å². The number of phenols is 1. The molecule has 2 aromatic carbocycles. The van der Waals surface area contributed by atoms with Crippen LogP contribution in [0.25, 0.3) is 0 Å². The highest BCUT2D eigenvalue weighted by Gasteiger charge is 2.16. The minimum absolute atomic E-state index is 0.424. The number of para-hydroxylation sites is 1. The zero-order chi connectivity index (χ0) is 14.1. The molecule has 1 heterocycles. The lowest BCUT2D eigenvalue weighted by Crippen LogP contribution is -2.28. The maximum atomic E-state index is 9.88. The van der Waals surface area contributed by atoms with Crippen LogP contribution in [-0.4, -0.2) is 11.7 Å². The van der Waals surface area contributed by atoms with Gasteiger partial charge in [-0.3, -0.25) is 0 Å². The molecule has 20 heavy (non-hydrogen) atoms. The summed E-state index contributed by atoms with van der Waals surface area (Å²) in [5.74, 6) is 0.424. The number of hydrogen-bond acceptors (Lipinski definition) is 2. The molecule has 0 amide bonds. The summed E-state index contributed by atoms with van der Waals surface area (Å²) >= 11 is 0. The van der Waals surface area contributed by atoms with E-state index in [1.807, 2.05) is 13.8 Å². The number of rotatable bonds is 2. The minimum Gasteiger partial charge on any atom is -0.507 e. The second-order valence-corrected chi connectivity index (χ2v) is 5.73. The quantitative estimate of drug-likeness (QED) is 0.890. The molecule has 1 aliphatic heterocycles. The number of hydrogen-bond donors (Lipinski definition) is 1. The van der Waals surface area contributed by atoms with Crippen LogP contribution < -0.4 is 4.90 Å². The molecule has 0 saturated carbocycles. The van der Waals surface area contributed by atoms with Crippen molar-refractivity contribution in [1.82, 2.24) is 0 Å². The summed E-state index contributed by atoms with van der Waals surface area (Å²) < 4.78 is 0. The molecule has 2 aromatic rings. The van der Waals surface area contributed by atoms with Crippen LogP contribution >= 0.6 is 0 Å². The van der Waals surface area contributed by atoms with Crippen molar-refractivity contribution in [3.8, 4) is 5.75 Å². The van der Waals surface area contributed by atoms with Gasteiger partial charge in [0.2, 0.25) is 0 Å². The normalized spacial score (nSPS) is 14.2. The summed E-state index contributed by atoms with van der Waals surface area (Å²) in [4.78, 5) is 2.45. The zero-order valence-corrected chi connectivity index (χ0v) is 12.2. The average Bonchev–Trinajstić information content (AvgIpc) is 2.45. The third-order valence-corrected chi connectivity index (χ3v) is 4.13. The number of anilines is 1. The largest absolute Gasteiger partial charge is 0.507 e. The molecule has 1 N–H and O–H groups in total. The Bertz CT molecular complexity index is 610. The number of benzene rings is 2. The molecule has 104 valence electrons. The number of fused-ring (bicyclic) bond motifs is 1.